The molecule has 0 radical (unpaired) electrons. The van der Waals surface area contributed by atoms with Crippen molar-refractivity contribution in [3.63, 3.8) is 0 Å². The highest BCUT2D eigenvalue weighted by atomic mass is 79.9. The van der Waals surface area contributed by atoms with Gasteiger partial charge in [0.25, 0.3) is 0 Å². The van der Waals surface area contributed by atoms with Crippen LogP contribution in [-0.4, -0.2) is 5.11 Å². The fourth-order valence-corrected chi connectivity index (χ4v) is 2.24. The number of aliphatic hydroxyl groups excluding tert-OH is 1. The lowest BCUT2D eigenvalue weighted by Crippen LogP contribution is -2.01. The van der Waals surface area contributed by atoms with Gasteiger partial charge >= 0.3 is 0 Å². The second kappa shape index (κ2) is 5.53. The maximum absolute atomic E-state index is 10.3. The van der Waals surface area contributed by atoms with Crippen LogP contribution in [0.1, 0.15) is 22.8 Å². The lowest BCUT2D eigenvalue weighted by molar-refractivity contribution is 0.219. The molecule has 0 saturated carbocycles. The molecule has 0 spiro atoms. The topological polar surface area (TPSA) is 44.0 Å². The number of benzene rings is 2. The lowest BCUT2D eigenvalue weighted by Gasteiger charge is -2.13. The molecule has 2 aromatic carbocycles. The zero-order valence-corrected chi connectivity index (χ0v) is 11.6. The average Bonchev–Trinajstić information content (AvgIpc) is 2.39. The van der Waals surface area contributed by atoms with E-state index in [2.05, 4.69) is 22.0 Å². The average molecular weight is 323 g/mol. The first-order valence-corrected chi connectivity index (χ1v) is 6.42. The molecule has 0 saturated heterocycles. The van der Waals surface area contributed by atoms with Gasteiger partial charge in [-0.25, -0.2) is 0 Å². The Hall–Kier alpha value is -1.34. The normalized spacial score (nSPS) is 11.9. The molecule has 90 valence electrons. The summed E-state index contributed by atoms with van der Waals surface area (Å²) in [7, 11) is 0. The number of rotatable bonds is 2. The van der Waals surface area contributed by atoms with Crippen LogP contribution in [0, 0.1) is 11.3 Å². The van der Waals surface area contributed by atoms with E-state index in [1.807, 2.05) is 0 Å². The SMILES string of the molecule is N#Cc1ccc(Br)c(C(O)c2ccc(Cl)cc2)c1. The first-order valence-electron chi connectivity index (χ1n) is 5.25. The van der Waals surface area contributed by atoms with Gasteiger partial charge in [0.15, 0.2) is 0 Å². The molecule has 1 unspecified atom stereocenters. The van der Waals surface area contributed by atoms with Crippen LogP contribution in [0.2, 0.25) is 5.02 Å². The highest BCUT2D eigenvalue weighted by Gasteiger charge is 2.14. The smallest absolute Gasteiger partial charge is 0.105 e. The molecule has 0 aliphatic carbocycles. The second-order valence-corrected chi connectivity index (χ2v) is 5.09. The Morgan fingerprint density at radius 3 is 2.44 bits per heavy atom. The van der Waals surface area contributed by atoms with Crippen LogP contribution in [0.15, 0.2) is 46.9 Å². The van der Waals surface area contributed by atoms with E-state index >= 15 is 0 Å². The zero-order valence-electron chi connectivity index (χ0n) is 9.27. The van der Waals surface area contributed by atoms with Crippen molar-refractivity contribution in [1.29, 1.82) is 5.26 Å². The Morgan fingerprint density at radius 2 is 1.83 bits per heavy atom. The molecule has 0 heterocycles. The Balaban J connectivity index is 2.42. The maximum Gasteiger partial charge on any atom is 0.105 e. The summed E-state index contributed by atoms with van der Waals surface area (Å²) < 4.78 is 0.768. The van der Waals surface area contributed by atoms with Crippen molar-refractivity contribution >= 4 is 27.5 Å². The summed E-state index contributed by atoms with van der Waals surface area (Å²) in [4.78, 5) is 0. The van der Waals surface area contributed by atoms with E-state index in [0.29, 0.717) is 16.1 Å². The standard InChI is InChI=1S/C14H9BrClNO/c15-13-6-1-9(8-17)7-12(13)14(18)10-2-4-11(16)5-3-10/h1-7,14,18H. The van der Waals surface area contributed by atoms with Crippen LogP contribution in [-0.2, 0) is 0 Å². The molecule has 2 nitrogen and oxygen atoms in total. The van der Waals surface area contributed by atoms with Crippen molar-refractivity contribution < 1.29 is 5.11 Å². The monoisotopic (exact) mass is 321 g/mol. The van der Waals surface area contributed by atoms with Crippen LogP contribution in [0.25, 0.3) is 0 Å². The third-order valence-corrected chi connectivity index (χ3v) is 3.58. The number of hydrogen-bond donors (Lipinski definition) is 1. The minimum Gasteiger partial charge on any atom is -0.384 e. The molecular weight excluding hydrogens is 314 g/mol. The van der Waals surface area contributed by atoms with Crippen LogP contribution < -0.4 is 0 Å². The minimum absolute atomic E-state index is 0.515. The van der Waals surface area contributed by atoms with Crippen molar-refractivity contribution in [3.05, 3.63) is 68.7 Å². The number of aliphatic hydroxyl groups is 1. The third-order valence-electron chi connectivity index (χ3n) is 2.61. The summed E-state index contributed by atoms with van der Waals surface area (Å²) in [5, 5.41) is 19.8. The van der Waals surface area contributed by atoms with Gasteiger partial charge in [0.2, 0.25) is 0 Å². The van der Waals surface area contributed by atoms with Crippen molar-refractivity contribution in [3.8, 4) is 6.07 Å². The predicted molar refractivity (Wildman–Crippen MR) is 74.4 cm³/mol. The molecule has 2 rings (SSSR count). The summed E-state index contributed by atoms with van der Waals surface area (Å²) in [6, 6.07) is 14.2. The molecule has 0 aromatic heterocycles. The molecule has 2 aromatic rings. The van der Waals surface area contributed by atoms with Gasteiger partial charge in [0, 0.05) is 15.1 Å². The first kappa shape index (κ1) is 13.1. The van der Waals surface area contributed by atoms with E-state index < -0.39 is 6.10 Å². The van der Waals surface area contributed by atoms with E-state index in [4.69, 9.17) is 16.9 Å². The Morgan fingerprint density at radius 1 is 1.17 bits per heavy atom. The van der Waals surface area contributed by atoms with Crippen LogP contribution >= 0.6 is 27.5 Å². The van der Waals surface area contributed by atoms with Crippen molar-refractivity contribution in [2.45, 2.75) is 6.10 Å². The van der Waals surface area contributed by atoms with E-state index in [-0.39, 0.29) is 0 Å². The highest BCUT2D eigenvalue weighted by molar-refractivity contribution is 9.10. The lowest BCUT2D eigenvalue weighted by atomic mass is 10.00. The van der Waals surface area contributed by atoms with E-state index in [0.717, 1.165) is 10.0 Å². The number of nitriles is 1. The van der Waals surface area contributed by atoms with Crippen molar-refractivity contribution in [2.75, 3.05) is 0 Å². The molecule has 18 heavy (non-hydrogen) atoms. The molecule has 0 aliphatic rings. The van der Waals surface area contributed by atoms with Gasteiger partial charge in [-0.3, -0.25) is 0 Å². The molecule has 0 aliphatic heterocycles. The van der Waals surface area contributed by atoms with Gasteiger partial charge in [-0.2, -0.15) is 5.26 Å². The maximum atomic E-state index is 10.3. The summed E-state index contributed by atoms with van der Waals surface area (Å²) >= 11 is 9.18. The largest absolute Gasteiger partial charge is 0.384 e. The summed E-state index contributed by atoms with van der Waals surface area (Å²) in [6.07, 6.45) is -0.787. The van der Waals surface area contributed by atoms with Gasteiger partial charge in [-0.15, -0.1) is 0 Å². The van der Waals surface area contributed by atoms with Gasteiger partial charge in [0.05, 0.1) is 11.6 Å². The highest BCUT2D eigenvalue weighted by Crippen LogP contribution is 2.29. The minimum atomic E-state index is -0.787. The first-order chi connectivity index (χ1) is 8.61. The van der Waals surface area contributed by atoms with Crippen molar-refractivity contribution in [1.82, 2.24) is 0 Å². The van der Waals surface area contributed by atoms with Gasteiger partial charge < -0.3 is 5.11 Å². The molecule has 0 amide bonds. The zero-order chi connectivity index (χ0) is 13.1. The summed E-state index contributed by atoms with van der Waals surface area (Å²) in [5.74, 6) is 0. The number of nitrogens with zero attached hydrogens (tertiary/aromatic N) is 1. The molecular formula is C14H9BrClNO. The van der Waals surface area contributed by atoms with Crippen LogP contribution in [0.5, 0.6) is 0 Å². The van der Waals surface area contributed by atoms with Crippen molar-refractivity contribution in [2.24, 2.45) is 0 Å². The number of halogens is 2. The molecule has 1 atom stereocenters. The Bertz CT molecular complexity index is 604. The quantitative estimate of drug-likeness (QED) is 0.906. The van der Waals surface area contributed by atoms with E-state index in [1.54, 1.807) is 42.5 Å². The Kier molecular flexibility index (Phi) is 4.03. The third kappa shape index (κ3) is 2.73. The number of hydrogen-bond acceptors (Lipinski definition) is 2. The van der Waals surface area contributed by atoms with Crippen LogP contribution in [0.3, 0.4) is 0 Å². The molecule has 0 bridgehead atoms. The van der Waals surface area contributed by atoms with E-state index in [1.165, 1.54) is 0 Å². The molecule has 4 heteroatoms. The van der Waals surface area contributed by atoms with E-state index in [9.17, 15) is 5.11 Å². The second-order valence-electron chi connectivity index (χ2n) is 3.80. The van der Waals surface area contributed by atoms with Gasteiger partial charge in [0.1, 0.15) is 6.10 Å². The molecule has 1 N–H and O–H groups in total. The fraction of sp³-hybridized carbons (Fsp3) is 0.0714. The van der Waals surface area contributed by atoms with Gasteiger partial charge in [-0.05, 0) is 35.9 Å². The predicted octanol–water partition coefficient (Wildman–Crippen LogP) is 4.06. The fourth-order valence-electron chi connectivity index (χ4n) is 1.65. The Labute approximate surface area is 119 Å². The molecule has 0 fully saturated rings. The summed E-state index contributed by atoms with van der Waals surface area (Å²) in [6.45, 7) is 0. The summed E-state index contributed by atoms with van der Waals surface area (Å²) in [5.41, 5.74) is 1.91. The van der Waals surface area contributed by atoms with Crippen LogP contribution in [0.4, 0.5) is 0 Å². The van der Waals surface area contributed by atoms with Gasteiger partial charge in [-0.1, -0.05) is 39.7 Å².